The molecule has 3 amide bonds. The van der Waals surface area contributed by atoms with Gasteiger partial charge in [0.2, 0.25) is 11.8 Å². The third kappa shape index (κ3) is 4.29. The van der Waals surface area contributed by atoms with Gasteiger partial charge >= 0.3 is 0 Å². The van der Waals surface area contributed by atoms with E-state index in [9.17, 15) is 14.4 Å². The molecule has 1 aromatic rings. The summed E-state index contributed by atoms with van der Waals surface area (Å²) in [5.74, 6) is -0.512. The van der Waals surface area contributed by atoms with Gasteiger partial charge in [-0.15, -0.1) is 0 Å². The zero-order chi connectivity index (χ0) is 16.1. The van der Waals surface area contributed by atoms with Gasteiger partial charge in [-0.05, 0) is 18.2 Å². The second-order valence-electron chi connectivity index (χ2n) is 5.18. The Hall–Kier alpha value is -2.41. The number of benzene rings is 1. The summed E-state index contributed by atoms with van der Waals surface area (Å²) in [6, 6.07) is 6.68. The van der Waals surface area contributed by atoms with Gasteiger partial charge in [0.05, 0.1) is 6.10 Å². The molecule has 1 heterocycles. The highest BCUT2D eigenvalue weighted by molar-refractivity contribution is 5.96. The van der Waals surface area contributed by atoms with Crippen molar-refractivity contribution in [3.63, 3.8) is 0 Å². The molecule has 7 nitrogen and oxygen atoms in total. The maximum atomic E-state index is 12.1. The van der Waals surface area contributed by atoms with Crippen molar-refractivity contribution in [1.82, 2.24) is 10.2 Å². The molecule has 1 aliphatic rings. The van der Waals surface area contributed by atoms with Crippen molar-refractivity contribution in [1.29, 1.82) is 0 Å². The van der Waals surface area contributed by atoms with Crippen LogP contribution < -0.4 is 10.6 Å². The first-order chi connectivity index (χ1) is 10.5. The van der Waals surface area contributed by atoms with Gasteiger partial charge in [-0.3, -0.25) is 14.4 Å². The van der Waals surface area contributed by atoms with Gasteiger partial charge < -0.3 is 20.3 Å². The third-order valence-corrected chi connectivity index (χ3v) is 3.28. The summed E-state index contributed by atoms with van der Waals surface area (Å²) in [5.41, 5.74) is 1.02. The van der Waals surface area contributed by atoms with Crippen LogP contribution in [0.5, 0.6) is 0 Å². The summed E-state index contributed by atoms with van der Waals surface area (Å²) in [6.07, 6.45) is -0.217. The van der Waals surface area contributed by atoms with Crippen molar-refractivity contribution in [2.24, 2.45) is 0 Å². The van der Waals surface area contributed by atoms with Crippen LogP contribution in [-0.2, 0) is 14.3 Å². The first-order valence-corrected chi connectivity index (χ1v) is 6.97. The molecule has 0 aliphatic carbocycles. The van der Waals surface area contributed by atoms with E-state index < -0.39 is 0 Å². The van der Waals surface area contributed by atoms with E-state index in [-0.39, 0.29) is 30.4 Å². The molecule has 0 aromatic heterocycles. The lowest BCUT2D eigenvalue weighted by Gasteiger charge is -2.29. The Morgan fingerprint density at radius 1 is 1.41 bits per heavy atom. The molecule has 0 bridgehead atoms. The number of amides is 3. The van der Waals surface area contributed by atoms with E-state index in [1.807, 2.05) is 0 Å². The Morgan fingerprint density at radius 2 is 2.18 bits per heavy atom. The predicted octanol–water partition coefficient (Wildman–Crippen LogP) is 0.232. The molecular formula is C15H19N3O4. The highest BCUT2D eigenvalue weighted by Crippen LogP contribution is 2.11. The fraction of sp³-hybridized carbons (Fsp3) is 0.400. The van der Waals surface area contributed by atoms with E-state index >= 15 is 0 Å². The van der Waals surface area contributed by atoms with Gasteiger partial charge in [-0.1, -0.05) is 6.07 Å². The van der Waals surface area contributed by atoms with Gasteiger partial charge in [-0.25, -0.2) is 0 Å². The average Bonchev–Trinajstić information content (AvgIpc) is 2.48. The number of anilines is 1. The number of carbonyl (C=O) groups excluding carboxylic acids is 3. The zero-order valence-corrected chi connectivity index (χ0v) is 12.6. The molecule has 2 N–H and O–H groups in total. The molecule has 1 fully saturated rings. The molecule has 1 saturated heterocycles. The first-order valence-electron chi connectivity index (χ1n) is 6.97. The van der Waals surface area contributed by atoms with Gasteiger partial charge in [-0.2, -0.15) is 0 Å². The van der Waals surface area contributed by atoms with Gasteiger partial charge in [0, 0.05) is 38.3 Å². The second-order valence-corrected chi connectivity index (χ2v) is 5.18. The van der Waals surface area contributed by atoms with Crippen LogP contribution in [0, 0.1) is 0 Å². The van der Waals surface area contributed by atoms with Crippen LogP contribution in [0.3, 0.4) is 0 Å². The highest BCUT2D eigenvalue weighted by atomic mass is 16.5. The Morgan fingerprint density at radius 3 is 2.86 bits per heavy atom. The summed E-state index contributed by atoms with van der Waals surface area (Å²) in [5, 5.41) is 5.40. The summed E-state index contributed by atoms with van der Waals surface area (Å²) >= 11 is 0. The van der Waals surface area contributed by atoms with E-state index in [0.29, 0.717) is 24.3 Å². The molecule has 7 heteroatoms. The van der Waals surface area contributed by atoms with Crippen molar-refractivity contribution in [3.8, 4) is 0 Å². The van der Waals surface area contributed by atoms with Crippen molar-refractivity contribution in [2.75, 3.05) is 32.1 Å². The SMILES string of the molecule is CC(=O)Nc1cccc(C(=O)NCC2CN(C)C(=O)CO2)c1. The minimum absolute atomic E-state index is 0.0368. The van der Waals surface area contributed by atoms with Crippen molar-refractivity contribution < 1.29 is 19.1 Å². The first kappa shape index (κ1) is 16.0. The fourth-order valence-corrected chi connectivity index (χ4v) is 2.13. The van der Waals surface area contributed by atoms with Crippen LogP contribution in [0.1, 0.15) is 17.3 Å². The average molecular weight is 305 g/mol. The maximum Gasteiger partial charge on any atom is 0.251 e. The van der Waals surface area contributed by atoms with E-state index in [0.717, 1.165) is 0 Å². The molecule has 1 aromatic carbocycles. The lowest BCUT2D eigenvalue weighted by molar-refractivity contribution is -0.146. The molecule has 1 aliphatic heterocycles. The molecule has 1 atom stereocenters. The molecule has 0 radical (unpaired) electrons. The highest BCUT2D eigenvalue weighted by Gasteiger charge is 2.23. The standard InChI is InChI=1S/C15H19N3O4/c1-10(19)17-12-5-3-4-11(6-12)15(21)16-7-13-8-18(2)14(20)9-22-13/h3-6,13H,7-9H2,1-2H3,(H,16,21)(H,17,19). The van der Waals surface area contributed by atoms with Crippen LogP contribution in [0.15, 0.2) is 24.3 Å². The lowest BCUT2D eigenvalue weighted by atomic mass is 10.2. The molecule has 2 rings (SSSR count). The Kier molecular flexibility index (Phi) is 5.11. The van der Waals surface area contributed by atoms with E-state index in [4.69, 9.17) is 4.74 Å². The van der Waals surface area contributed by atoms with Gasteiger partial charge in [0.15, 0.2) is 0 Å². The fourth-order valence-electron chi connectivity index (χ4n) is 2.13. The van der Waals surface area contributed by atoms with E-state index in [1.165, 1.54) is 6.92 Å². The smallest absolute Gasteiger partial charge is 0.251 e. The molecule has 1 unspecified atom stereocenters. The predicted molar refractivity (Wildman–Crippen MR) is 80.5 cm³/mol. The number of likely N-dealkylation sites (N-methyl/N-ethyl adjacent to an activating group) is 1. The topological polar surface area (TPSA) is 87.7 Å². The summed E-state index contributed by atoms with van der Waals surface area (Å²) in [4.78, 5) is 36.0. The lowest BCUT2D eigenvalue weighted by Crippen LogP contribution is -2.48. The number of nitrogens with one attached hydrogen (secondary N) is 2. The van der Waals surface area contributed by atoms with Crippen LogP contribution in [0.25, 0.3) is 0 Å². The molecular weight excluding hydrogens is 286 g/mol. The van der Waals surface area contributed by atoms with Gasteiger partial charge in [0.25, 0.3) is 5.91 Å². The number of rotatable bonds is 4. The third-order valence-electron chi connectivity index (χ3n) is 3.28. The summed E-state index contributed by atoms with van der Waals surface area (Å²) < 4.78 is 5.36. The Balaban J connectivity index is 1.89. The van der Waals surface area contributed by atoms with E-state index in [1.54, 1.807) is 36.2 Å². The monoisotopic (exact) mass is 305 g/mol. The molecule has 118 valence electrons. The van der Waals surface area contributed by atoms with Crippen LogP contribution in [-0.4, -0.2) is 55.5 Å². The van der Waals surface area contributed by atoms with Crippen molar-refractivity contribution in [3.05, 3.63) is 29.8 Å². The quantitative estimate of drug-likeness (QED) is 0.833. The minimum atomic E-state index is -0.254. The molecule has 0 spiro atoms. The number of hydrogen-bond donors (Lipinski definition) is 2. The zero-order valence-electron chi connectivity index (χ0n) is 12.6. The normalized spacial score (nSPS) is 18.0. The number of hydrogen-bond acceptors (Lipinski definition) is 4. The number of ether oxygens (including phenoxy) is 1. The van der Waals surface area contributed by atoms with Crippen molar-refractivity contribution in [2.45, 2.75) is 13.0 Å². The number of carbonyl (C=O) groups is 3. The van der Waals surface area contributed by atoms with Crippen LogP contribution in [0.4, 0.5) is 5.69 Å². The van der Waals surface area contributed by atoms with Crippen LogP contribution in [0.2, 0.25) is 0 Å². The van der Waals surface area contributed by atoms with Crippen LogP contribution >= 0.6 is 0 Å². The minimum Gasteiger partial charge on any atom is -0.365 e. The molecule has 0 saturated carbocycles. The van der Waals surface area contributed by atoms with Crippen molar-refractivity contribution >= 4 is 23.4 Å². The summed E-state index contributed by atoms with van der Waals surface area (Å²) in [6.45, 7) is 2.21. The second kappa shape index (κ2) is 7.04. The Bertz CT molecular complexity index is 588. The van der Waals surface area contributed by atoms with E-state index in [2.05, 4.69) is 10.6 Å². The summed E-state index contributed by atoms with van der Waals surface area (Å²) in [7, 11) is 1.70. The largest absolute Gasteiger partial charge is 0.365 e. The number of nitrogens with zero attached hydrogens (tertiary/aromatic N) is 1. The number of morpholine rings is 1. The van der Waals surface area contributed by atoms with Gasteiger partial charge in [0.1, 0.15) is 6.61 Å². The maximum absolute atomic E-state index is 12.1. The molecule has 22 heavy (non-hydrogen) atoms. The Labute approximate surface area is 128 Å².